The zero-order chi connectivity index (χ0) is 24.1. The van der Waals surface area contributed by atoms with E-state index < -0.39 is 29.7 Å². The van der Waals surface area contributed by atoms with E-state index in [1.165, 1.54) is 17.3 Å². The van der Waals surface area contributed by atoms with Gasteiger partial charge in [0.2, 0.25) is 5.60 Å². The predicted molar refractivity (Wildman–Crippen MR) is 120 cm³/mol. The van der Waals surface area contributed by atoms with Gasteiger partial charge in [0.25, 0.3) is 0 Å². The summed E-state index contributed by atoms with van der Waals surface area (Å²) in [6.07, 6.45) is 5.23. The van der Waals surface area contributed by atoms with Gasteiger partial charge in [-0.3, -0.25) is 4.79 Å². The third-order valence-corrected chi connectivity index (χ3v) is 7.30. The Hall–Kier alpha value is -2.74. The van der Waals surface area contributed by atoms with Crippen LogP contribution in [0.1, 0.15) is 65.0 Å². The van der Waals surface area contributed by atoms with Crippen LogP contribution in [0.15, 0.2) is 18.5 Å². The average Bonchev–Trinajstić information content (AvgIpc) is 3.44. The van der Waals surface area contributed by atoms with Gasteiger partial charge >= 0.3 is 5.97 Å². The van der Waals surface area contributed by atoms with Gasteiger partial charge < -0.3 is 24.7 Å². The first-order valence-electron chi connectivity index (χ1n) is 11.9. The molecular weight excluding hydrogens is 438 g/mol. The summed E-state index contributed by atoms with van der Waals surface area (Å²) in [6, 6.07) is 5.77. The second-order valence-electron chi connectivity index (χ2n) is 10.4. The monoisotopic (exact) mass is 469 g/mol. The normalized spacial score (nSPS) is 31.8. The number of nitrogen functional groups attached to an aromatic ring is 1. The van der Waals surface area contributed by atoms with Crippen molar-refractivity contribution in [2.24, 2.45) is 5.41 Å². The number of rotatable bonds is 5. The molecule has 10 nitrogen and oxygen atoms in total. The minimum Gasteiger partial charge on any atom is -0.463 e. The number of esters is 1. The van der Waals surface area contributed by atoms with E-state index >= 15 is 0 Å². The summed E-state index contributed by atoms with van der Waals surface area (Å²) in [7, 11) is 0. The highest BCUT2D eigenvalue weighted by molar-refractivity contribution is 5.70. The van der Waals surface area contributed by atoms with Crippen molar-refractivity contribution in [2.45, 2.75) is 89.0 Å². The Morgan fingerprint density at radius 2 is 2.00 bits per heavy atom. The molecule has 0 radical (unpaired) electrons. The number of aromatic nitrogens is 3. The first-order chi connectivity index (χ1) is 16.2. The Bertz CT molecular complexity index is 1130. The molecule has 1 saturated carbocycles. The second-order valence-corrected chi connectivity index (χ2v) is 10.4. The Kier molecular flexibility index (Phi) is 5.54. The molecule has 2 aromatic rings. The molecular formula is C24H31N5O5. The van der Waals surface area contributed by atoms with Crippen LogP contribution in [0, 0.1) is 16.7 Å². The molecule has 10 heteroatoms. The van der Waals surface area contributed by atoms with Crippen LogP contribution in [0.5, 0.6) is 0 Å². The molecule has 3 aliphatic rings. The summed E-state index contributed by atoms with van der Waals surface area (Å²) in [4.78, 5) is 16.7. The van der Waals surface area contributed by atoms with E-state index in [1.807, 2.05) is 0 Å². The van der Waals surface area contributed by atoms with Crippen LogP contribution in [0.3, 0.4) is 0 Å². The zero-order valence-electron chi connectivity index (χ0n) is 19.8. The summed E-state index contributed by atoms with van der Waals surface area (Å²) in [6.45, 7) is 5.70. The van der Waals surface area contributed by atoms with Gasteiger partial charge in [0.05, 0.1) is 12.1 Å². The van der Waals surface area contributed by atoms with Gasteiger partial charge in [-0.25, -0.2) is 9.50 Å². The van der Waals surface area contributed by atoms with Crippen molar-refractivity contribution in [3.8, 4) is 6.07 Å². The molecule has 5 rings (SSSR count). The number of hydrogen-bond donors (Lipinski definition) is 1. The van der Waals surface area contributed by atoms with Gasteiger partial charge in [-0.15, -0.1) is 0 Å². The van der Waals surface area contributed by atoms with Crippen LogP contribution in [0.2, 0.25) is 0 Å². The lowest BCUT2D eigenvalue weighted by atomic mass is 9.73. The second kappa shape index (κ2) is 8.18. The minimum atomic E-state index is -1.53. The maximum atomic E-state index is 12.7. The molecule has 182 valence electrons. The highest BCUT2D eigenvalue weighted by Gasteiger charge is 2.65. The van der Waals surface area contributed by atoms with Crippen LogP contribution >= 0.6 is 0 Å². The van der Waals surface area contributed by atoms with E-state index in [1.54, 1.807) is 26.0 Å². The molecule has 2 aliphatic heterocycles. The lowest BCUT2D eigenvalue weighted by Crippen LogP contribution is -2.40. The van der Waals surface area contributed by atoms with Gasteiger partial charge in [0.1, 0.15) is 42.8 Å². The molecule has 0 aromatic carbocycles. The van der Waals surface area contributed by atoms with E-state index in [4.69, 9.17) is 24.7 Å². The standard InChI is InChI=1S/C24H31N5O5/c1-22(2)33-19-16(12-31-18(30)11-23(3)9-5-4-6-10-23)32-24(13-25,20(19)34-22)17-8-7-15-21(26)27-14-28-29(15)17/h7-8,14,16,19-20H,4-6,9-12H2,1-3H3,(H2,26,27,28)/t16-,19-,20-,24+/m1/s1. The Morgan fingerprint density at radius 1 is 1.24 bits per heavy atom. The zero-order valence-corrected chi connectivity index (χ0v) is 19.8. The third-order valence-electron chi connectivity index (χ3n) is 7.30. The molecule has 0 bridgehead atoms. The molecule has 0 unspecified atom stereocenters. The van der Waals surface area contributed by atoms with E-state index in [0.29, 0.717) is 17.6 Å². The fourth-order valence-corrected chi connectivity index (χ4v) is 5.62. The van der Waals surface area contributed by atoms with E-state index in [9.17, 15) is 10.1 Å². The van der Waals surface area contributed by atoms with Crippen molar-refractivity contribution in [3.63, 3.8) is 0 Å². The number of nitriles is 1. The Morgan fingerprint density at radius 3 is 2.74 bits per heavy atom. The first kappa shape index (κ1) is 23.0. The Labute approximate surface area is 198 Å². The maximum absolute atomic E-state index is 12.7. The molecule has 0 amide bonds. The fourth-order valence-electron chi connectivity index (χ4n) is 5.62. The topological polar surface area (TPSA) is 134 Å². The smallest absolute Gasteiger partial charge is 0.306 e. The number of nitrogens with zero attached hydrogens (tertiary/aromatic N) is 4. The van der Waals surface area contributed by atoms with Crippen molar-refractivity contribution in [1.82, 2.24) is 14.6 Å². The SMILES string of the molecule is CC1(CC(=O)OC[C@H]2O[C@@](C#N)(c3ccc4c(N)ncnn34)[C@@H]3OC(C)(C)O[C@@H]32)CCCCC1. The summed E-state index contributed by atoms with van der Waals surface area (Å²) < 4.78 is 25.8. The first-order valence-corrected chi connectivity index (χ1v) is 11.9. The van der Waals surface area contributed by atoms with Gasteiger partial charge in [-0.05, 0) is 44.2 Å². The summed E-state index contributed by atoms with van der Waals surface area (Å²) in [5.74, 6) is -0.902. The molecule has 0 spiro atoms. The molecule has 4 heterocycles. The number of anilines is 1. The van der Waals surface area contributed by atoms with Crippen LogP contribution < -0.4 is 5.73 Å². The van der Waals surface area contributed by atoms with Crippen LogP contribution in [0.4, 0.5) is 5.82 Å². The molecule has 1 aliphatic carbocycles. The number of hydrogen-bond acceptors (Lipinski definition) is 9. The number of carbonyl (C=O) groups excluding carboxylic acids is 1. The van der Waals surface area contributed by atoms with Crippen molar-refractivity contribution >= 4 is 17.3 Å². The highest BCUT2D eigenvalue weighted by atomic mass is 16.8. The number of ether oxygens (including phenoxy) is 4. The lowest BCUT2D eigenvalue weighted by Gasteiger charge is -2.32. The molecule has 34 heavy (non-hydrogen) atoms. The van der Waals surface area contributed by atoms with Gasteiger partial charge in [-0.2, -0.15) is 10.4 Å². The van der Waals surface area contributed by atoms with Crippen molar-refractivity contribution in [2.75, 3.05) is 12.3 Å². The fraction of sp³-hybridized carbons (Fsp3) is 0.667. The predicted octanol–water partition coefficient (Wildman–Crippen LogP) is 2.85. The summed E-state index contributed by atoms with van der Waals surface area (Å²) >= 11 is 0. The van der Waals surface area contributed by atoms with E-state index in [2.05, 4.69) is 23.1 Å². The van der Waals surface area contributed by atoms with Gasteiger partial charge in [-0.1, -0.05) is 26.2 Å². The third kappa shape index (κ3) is 3.82. The van der Waals surface area contributed by atoms with E-state index in [-0.39, 0.29) is 23.8 Å². The maximum Gasteiger partial charge on any atom is 0.306 e. The van der Waals surface area contributed by atoms with Gasteiger partial charge in [0, 0.05) is 0 Å². The van der Waals surface area contributed by atoms with Crippen LogP contribution in [-0.4, -0.2) is 51.3 Å². The van der Waals surface area contributed by atoms with Gasteiger partial charge in [0.15, 0.2) is 11.6 Å². The molecule has 4 atom stereocenters. The highest BCUT2D eigenvalue weighted by Crippen LogP contribution is 2.49. The largest absolute Gasteiger partial charge is 0.463 e. The Balaban J connectivity index is 1.40. The van der Waals surface area contributed by atoms with E-state index in [0.717, 1.165) is 25.7 Å². The molecule has 2 aromatic heterocycles. The minimum absolute atomic E-state index is 0.0236. The number of carbonyl (C=O) groups is 1. The average molecular weight is 470 g/mol. The van der Waals surface area contributed by atoms with Crippen LogP contribution in [-0.2, 0) is 29.3 Å². The quantitative estimate of drug-likeness (QED) is 0.656. The molecule has 2 N–H and O–H groups in total. The summed E-state index contributed by atoms with van der Waals surface area (Å²) in [5, 5.41) is 14.6. The van der Waals surface area contributed by atoms with Crippen molar-refractivity contribution in [3.05, 3.63) is 24.2 Å². The van der Waals surface area contributed by atoms with Crippen molar-refractivity contribution in [1.29, 1.82) is 5.26 Å². The molecule has 3 fully saturated rings. The van der Waals surface area contributed by atoms with Crippen LogP contribution in [0.25, 0.3) is 5.52 Å². The number of fused-ring (bicyclic) bond motifs is 2. The number of nitrogens with two attached hydrogens (primary N) is 1. The molecule has 2 saturated heterocycles. The van der Waals surface area contributed by atoms with Crippen molar-refractivity contribution < 1.29 is 23.7 Å². The summed E-state index contributed by atoms with van der Waals surface area (Å²) in [5.41, 5.74) is 5.45. The lowest BCUT2D eigenvalue weighted by molar-refractivity contribution is -0.207.